The highest BCUT2D eigenvalue weighted by Gasteiger charge is 2.15. The Kier molecular flexibility index (Phi) is 4.85. The largest absolute Gasteiger partial charge is 0.463 e. The van der Waals surface area contributed by atoms with Crippen LogP contribution in [0.25, 0.3) is 0 Å². The number of methoxy groups -OCH3 is 1. The first-order chi connectivity index (χ1) is 8.81. The topological polar surface area (TPSA) is 95.3 Å². The molecule has 8 nitrogen and oxygen atoms in total. The van der Waals surface area contributed by atoms with E-state index in [0.29, 0.717) is 13.1 Å². The van der Waals surface area contributed by atoms with E-state index in [4.69, 9.17) is 4.74 Å². The Labute approximate surface area is 111 Å². The van der Waals surface area contributed by atoms with Gasteiger partial charge in [-0.15, -0.1) is 5.10 Å². The van der Waals surface area contributed by atoms with E-state index in [-0.39, 0.29) is 5.82 Å². The molecule has 1 amide bonds. The van der Waals surface area contributed by atoms with Gasteiger partial charge in [0.05, 0.1) is 13.7 Å². The van der Waals surface area contributed by atoms with Crippen LogP contribution in [0.2, 0.25) is 0 Å². The van der Waals surface area contributed by atoms with Gasteiger partial charge in [0.25, 0.3) is 5.82 Å². The summed E-state index contributed by atoms with van der Waals surface area (Å²) in [7, 11) is 1.26. The summed E-state index contributed by atoms with van der Waals surface area (Å²) in [4.78, 5) is 26.2. The fourth-order valence-corrected chi connectivity index (χ4v) is 1.17. The smallest absolute Gasteiger partial charge is 0.407 e. The zero-order chi connectivity index (χ0) is 14.5. The lowest BCUT2D eigenvalue weighted by atomic mass is 10.2. The molecule has 0 saturated heterocycles. The van der Waals surface area contributed by atoms with E-state index in [9.17, 15) is 9.59 Å². The predicted molar refractivity (Wildman–Crippen MR) is 65.6 cm³/mol. The maximum atomic E-state index is 11.4. The Balaban J connectivity index is 2.35. The van der Waals surface area contributed by atoms with Crippen LogP contribution in [0.3, 0.4) is 0 Å². The molecule has 106 valence electrons. The van der Waals surface area contributed by atoms with Gasteiger partial charge in [0.2, 0.25) is 0 Å². The molecular weight excluding hydrogens is 252 g/mol. The van der Waals surface area contributed by atoms with Crippen molar-refractivity contribution >= 4 is 12.1 Å². The first kappa shape index (κ1) is 14.9. The molecule has 0 atom stereocenters. The summed E-state index contributed by atoms with van der Waals surface area (Å²) < 4.78 is 11.0. The molecule has 1 aromatic heterocycles. The highest BCUT2D eigenvalue weighted by Crippen LogP contribution is 2.06. The van der Waals surface area contributed by atoms with Gasteiger partial charge in [-0.2, -0.15) is 0 Å². The summed E-state index contributed by atoms with van der Waals surface area (Å²) in [6.45, 7) is 6.05. The molecule has 1 heterocycles. The number of nitrogens with zero attached hydrogens (tertiary/aromatic N) is 3. The summed E-state index contributed by atoms with van der Waals surface area (Å²) in [6.07, 6.45) is 0.893. The fraction of sp³-hybridized carbons (Fsp3) is 0.636. The first-order valence-corrected chi connectivity index (χ1v) is 5.76. The minimum Gasteiger partial charge on any atom is -0.463 e. The number of esters is 1. The number of alkyl carbamates (subject to hydrolysis) is 1. The fourth-order valence-electron chi connectivity index (χ4n) is 1.17. The third-order valence-electron chi connectivity index (χ3n) is 1.91. The third kappa shape index (κ3) is 5.36. The number of hydrogen-bond acceptors (Lipinski definition) is 6. The minimum atomic E-state index is -0.598. The lowest BCUT2D eigenvalue weighted by Gasteiger charge is -2.19. The van der Waals surface area contributed by atoms with Crippen molar-refractivity contribution < 1.29 is 19.1 Å². The molecular formula is C11H18N4O4. The second-order valence-corrected chi connectivity index (χ2v) is 4.75. The van der Waals surface area contributed by atoms with Crippen molar-refractivity contribution in [3.05, 3.63) is 12.2 Å². The maximum Gasteiger partial charge on any atom is 0.407 e. The van der Waals surface area contributed by atoms with Crippen LogP contribution in [0.5, 0.6) is 0 Å². The standard InChI is InChI=1S/C11H18N4O4/c1-11(2,3)19-10(17)12-5-6-15-7-13-8(14-15)9(16)18-4/h7H,5-6H2,1-4H3,(H,12,17). The number of carbonyl (C=O) groups is 2. The molecule has 0 aromatic carbocycles. The summed E-state index contributed by atoms with van der Waals surface area (Å²) in [5, 5.41) is 6.47. The van der Waals surface area contributed by atoms with Gasteiger partial charge in [0.15, 0.2) is 0 Å². The normalized spacial score (nSPS) is 10.9. The molecule has 0 aliphatic carbocycles. The van der Waals surface area contributed by atoms with E-state index in [0.717, 1.165) is 0 Å². The van der Waals surface area contributed by atoms with Crippen LogP contribution in [0.1, 0.15) is 31.4 Å². The van der Waals surface area contributed by atoms with Crippen LogP contribution in [-0.2, 0) is 16.0 Å². The lowest BCUT2D eigenvalue weighted by molar-refractivity contribution is 0.0522. The van der Waals surface area contributed by atoms with Crippen molar-refractivity contribution in [1.29, 1.82) is 0 Å². The minimum absolute atomic E-state index is 0.0141. The van der Waals surface area contributed by atoms with Crippen molar-refractivity contribution in [1.82, 2.24) is 20.1 Å². The van der Waals surface area contributed by atoms with Crippen molar-refractivity contribution in [2.24, 2.45) is 0 Å². The second kappa shape index (κ2) is 6.17. The summed E-state index contributed by atoms with van der Waals surface area (Å²) in [6, 6.07) is 0. The van der Waals surface area contributed by atoms with E-state index < -0.39 is 17.7 Å². The van der Waals surface area contributed by atoms with Gasteiger partial charge in [0, 0.05) is 6.54 Å². The Morgan fingerprint density at radius 1 is 1.42 bits per heavy atom. The van der Waals surface area contributed by atoms with Gasteiger partial charge < -0.3 is 14.8 Å². The highest BCUT2D eigenvalue weighted by atomic mass is 16.6. The number of hydrogen-bond donors (Lipinski definition) is 1. The van der Waals surface area contributed by atoms with E-state index in [1.165, 1.54) is 18.1 Å². The van der Waals surface area contributed by atoms with Crippen LogP contribution in [0.4, 0.5) is 4.79 Å². The van der Waals surface area contributed by atoms with E-state index >= 15 is 0 Å². The molecule has 0 bridgehead atoms. The molecule has 0 saturated carbocycles. The van der Waals surface area contributed by atoms with Crippen LogP contribution < -0.4 is 5.32 Å². The molecule has 1 rings (SSSR count). The summed E-state index contributed by atoms with van der Waals surface area (Å²) in [5.41, 5.74) is -0.532. The molecule has 1 aromatic rings. The van der Waals surface area contributed by atoms with Crippen molar-refractivity contribution in [2.75, 3.05) is 13.7 Å². The maximum absolute atomic E-state index is 11.4. The van der Waals surface area contributed by atoms with Crippen molar-refractivity contribution in [2.45, 2.75) is 32.9 Å². The number of rotatable bonds is 4. The van der Waals surface area contributed by atoms with Gasteiger partial charge in [-0.25, -0.2) is 14.6 Å². The van der Waals surface area contributed by atoms with Gasteiger partial charge in [0.1, 0.15) is 11.9 Å². The Bertz CT molecular complexity index is 450. The summed E-state index contributed by atoms with van der Waals surface area (Å²) >= 11 is 0. The average Bonchev–Trinajstić information content (AvgIpc) is 2.74. The molecule has 8 heteroatoms. The van der Waals surface area contributed by atoms with Gasteiger partial charge in [-0.05, 0) is 20.8 Å². The van der Waals surface area contributed by atoms with E-state index in [1.807, 2.05) is 0 Å². The van der Waals surface area contributed by atoms with Crippen LogP contribution >= 0.6 is 0 Å². The zero-order valence-electron chi connectivity index (χ0n) is 11.5. The average molecular weight is 270 g/mol. The number of nitrogens with one attached hydrogen (secondary N) is 1. The van der Waals surface area contributed by atoms with Gasteiger partial charge in [-0.3, -0.25) is 4.68 Å². The number of carbonyl (C=O) groups excluding carboxylic acids is 2. The first-order valence-electron chi connectivity index (χ1n) is 5.76. The number of amides is 1. The predicted octanol–water partition coefficient (Wildman–Crippen LogP) is 0.589. The molecule has 0 unspecified atom stereocenters. The SMILES string of the molecule is COC(=O)c1ncn(CCNC(=O)OC(C)(C)C)n1. The zero-order valence-corrected chi connectivity index (χ0v) is 11.5. The van der Waals surface area contributed by atoms with Crippen molar-refractivity contribution in [3.63, 3.8) is 0 Å². The monoisotopic (exact) mass is 270 g/mol. The molecule has 0 fully saturated rings. The van der Waals surface area contributed by atoms with Gasteiger partial charge in [-0.1, -0.05) is 0 Å². The quantitative estimate of drug-likeness (QED) is 0.804. The Morgan fingerprint density at radius 3 is 2.68 bits per heavy atom. The molecule has 0 radical (unpaired) electrons. The van der Waals surface area contributed by atoms with E-state index in [1.54, 1.807) is 20.8 Å². The molecule has 1 N–H and O–H groups in total. The molecule has 19 heavy (non-hydrogen) atoms. The second-order valence-electron chi connectivity index (χ2n) is 4.75. The third-order valence-corrected chi connectivity index (χ3v) is 1.91. The lowest BCUT2D eigenvalue weighted by Crippen LogP contribution is -2.34. The highest BCUT2D eigenvalue weighted by molar-refractivity contribution is 5.84. The van der Waals surface area contributed by atoms with Crippen LogP contribution in [0, 0.1) is 0 Å². The Morgan fingerprint density at radius 2 is 2.11 bits per heavy atom. The molecule has 0 aliphatic heterocycles. The number of aromatic nitrogens is 3. The van der Waals surface area contributed by atoms with E-state index in [2.05, 4.69) is 20.1 Å². The van der Waals surface area contributed by atoms with Crippen LogP contribution in [0.15, 0.2) is 6.33 Å². The van der Waals surface area contributed by atoms with Crippen LogP contribution in [-0.4, -0.2) is 46.1 Å². The molecule has 0 spiro atoms. The number of ether oxygens (including phenoxy) is 2. The molecule has 0 aliphatic rings. The van der Waals surface area contributed by atoms with Gasteiger partial charge >= 0.3 is 12.1 Å². The Hall–Kier alpha value is -2.12. The van der Waals surface area contributed by atoms with Crippen molar-refractivity contribution in [3.8, 4) is 0 Å². The summed E-state index contributed by atoms with van der Waals surface area (Å²) in [5.74, 6) is -0.612.